The average molecular weight is 215 g/mol. The van der Waals surface area contributed by atoms with E-state index < -0.39 is 0 Å². The zero-order chi connectivity index (χ0) is 11.0. The van der Waals surface area contributed by atoms with Gasteiger partial charge in [-0.2, -0.15) is 0 Å². The second-order valence-corrected chi connectivity index (χ2v) is 4.91. The standard InChI is InChI=1S/C14H17NO/c1-14(8-9-16-14)7-6-11-10-15-13-5-3-2-4-12(11)13/h2-5,10,15H,6-9H2,1H3. The topological polar surface area (TPSA) is 25.0 Å². The van der Waals surface area contributed by atoms with Gasteiger partial charge in [0.2, 0.25) is 0 Å². The number of nitrogens with one attached hydrogen (secondary N) is 1. The largest absolute Gasteiger partial charge is 0.375 e. The predicted octanol–water partition coefficient (Wildman–Crippen LogP) is 3.28. The molecule has 84 valence electrons. The SMILES string of the molecule is CC1(CCc2c[nH]c3ccccc23)CCO1. The molecule has 0 saturated carbocycles. The molecule has 1 fully saturated rings. The molecule has 1 unspecified atom stereocenters. The van der Waals surface area contributed by atoms with Crippen molar-refractivity contribution in [3.05, 3.63) is 36.0 Å². The van der Waals surface area contributed by atoms with Crippen molar-refractivity contribution in [1.82, 2.24) is 4.98 Å². The van der Waals surface area contributed by atoms with E-state index in [2.05, 4.69) is 42.4 Å². The first-order valence-corrected chi connectivity index (χ1v) is 5.96. The fourth-order valence-electron chi connectivity index (χ4n) is 2.39. The summed E-state index contributed by atoms with van der Waals surface area (Å²) in [5.74, 6) is 0. The van der Waals surface area contributed by atoms with Gasteiger partial charge < -0.3 is 9.72 Å². The lowest BCUT2D eigenvalue weighted by Crippen LogP contribution is -2.40. The predicted molar refractivity (Wildman–Crippen MR) is 65.6 cm³/mol. The number of hydrogen-bond acceptors (Lipinski definition) is 1. The number of aromatic nitrogens is 1. The van der Waals surface area contributed by atoms with Gasteiger partial charge in [0.1, 0.15) is 0 Å². The molecule has 2 heterocycles. The highest BCUT2D eigenvalue weighted by atomic mass is 16.5. The van der Waals surface area contributed by atoms with Gasteiger partial charge in [-0.15, -0.1) is 0 Å². The van der Waals surface area contributed by atoms with E-state index in [-0.39, 0.29) is 5.60 Å². The molecule has 1 aliphatic rings. The minimum atomic E-state index is 0.137. The minimum absolute atomic E-state index is 0.137. The van der Waals surface area contributed by atoms with Crippen molar-refractivity contribution in [2.24, 2.45) is 0 Å². The Hall–Kier alpha value is -1.28. The van der Waals surface area contributed by atoms with Gasteiger partial charge in [0.25, 0.3) is 0 Å². The van der Waals surface area contributed by atoms with Gasteiger partial charge in [0.05, 0.1) is 12.2 Å². The number of benzene rings is 1. The summed E-state index contributed by atoms with van der Waals surface area (Å²) in [6, 6.07) is 8.48. The van der Waals surface area contributed by atoms with E-state index >= 15 is 0 Å². The highest BCUT2D eigenvalue weighted by Crippen LogP contribution is 2.31. The lowest BCUT2D eigenvalue weighted by Gasteiger charge is -2.38. The molecule has 0 amide bonds. The maximum atomic E-state index is 5.62. The summed E-state index contributed by atoms with van der Waals surface area (Å²) in [4.78, 5) is 3.32. The summed E-state index contributed by atoms with van der Waals surface area (Å²) in [6.07, 6.45) is 5.55. The van der Waals surface area contributed by atoms with Crippen molar-refractivity contribution in [2.45, 2.75) is 31.8 Å². The molecule has 2 nitrogen and oxygen atoms in total. The molecule has 1 saturated heterocycles. The monoisotopic (exact) mass is 215 g/mol. The molecular formula is C14H17NO. The molecule has 0 bridgehead atoms. The molecule has 1 aromatic heterocycles. The van der Waals surface area contributed by atoms with Crippen LogP contribution < -0.4 is 0 Å². The Bertz CT molecular complexity index is 496. The Morgan fingerprint density at radius 2 is 2.19 bits per heavy atom. The van der Waals surface area contributed by atoms with Crippen LogP contribution in [0, 0.1) is 0 Å². The third kappa shape index (κ3) is 1.63. The highest BCUT2D eigenvalue weighted by Gasteiger charge is 2.32. The van der Waals surface area contributed by atoms with Gasteiger partial charge in [-0.05, 0) is 37.8 Å². The average Bonchev–Trinajstić information content (AvgIpc) is 2.67. The quantitative estimate of drug-likeness (QED) is 0.835. The molecule has 16 heavy (non-hydrogen) atoms. The molecule has 1 N–H and O–H groups in total. The Kier molecular flexibility index (Phi) is 2.25. The van der Waals surface area contributed by atoms with Gasteiger partial charge in [-0.25, -0.2) is 0 Å². The van der Waals surface area contributed by atoms with E-state index in [1.54, 1.807) is 0 Å². The van der Waals surface area contributed by atoms with E-state index in [1.165, 1.54) is 22.9 Å². The number of aromatic amines is 1. The maximum Gasteiger partial charge on any atom is 0.0679 e. The molecule has 1 aromatic carbocycles. The first-order valence-electron chi connectivity index (χ1n) is 5.96. The molecule has 0 radical (unpaired) electrons. The van der Waals surface area contributed by atoms with Crippen molar-refractivity contribution < 1.29 is 4.74 Å². The van der Waals surface area contributed by atoms with E-state index in [0.29, 0.717) is 0 Å². The van der Waals surface area contributed by atoms with Crippen LogP contribution in [0.2, 0.25) is 0 Å². The normalized spacial score (nSPS) is 24.6. The van der Waals surface area contributed by atoms with Crippen molar-refractivity contribution >= 4 is 10.9 Å². The number of fused-ring (bicyclic) bond motifs is 1. The third-order valence-electron chi connectivity index (χ3n) is 3.68. The van der Waals surface area contributed by atoms with E-state index in [1.807, 2.05) is 0 Å². The van der Waals surface area contributed by atoms with Gasteiger partial charge >= 0.3 is 0 Å². The number of ether oxygens (including phenoxy) is 1. The first-order chi connectivity index (χ1) is 7.77. The van der Waals surface area contributed by atoms with E-state index in [9.17, 15) is 0 Å². The van der Waals surface area contributed by atoms with Crippen LogP contribution in [0.15, 0.2) is 30.5 Å². The second-order valence-electron chi connectivity index (χ2n) is 4.91. The minimum Gasteiger partial charge on any atom is -0.375 e. The number of para-hydroxylation sites is 1. The van der Waals surface area contributed by atoms with Crippen LogP contribution >= 0.6 is 0 Å². The van der Waals surface area contributed by atoms with Crippen molar-refractivity contribution in [3.8, 4) is 0 Å². The Balaban J connectivity index is 1.79. The fourth-order valence-corrected chi connectivity index (χ4v) is 2.39. The van der Waals surface area contributed by atoms with E-state index in [0.717, 1.165) is 19.4 Å². The fraction of sp³-hybridized carbons (Fsp3) is 0.429. The van der Waals surface area contributed by atoms with Gasteiger partial charge in [0.15, 0.2) is 0 Å². The molecule has 0 aliphatic carbocycles. The Morgan fingerprint density at radius 3 is 2.94 bits per heavy atom. The van der Waals surface area contributed by atoms with Crippen molar-refractivity contribution in [3.63, 3.8) is 0 Å². The third-order valence-corrected chi connectivity index (χ3v) is 3.68. The maximum absolute atomic E-state index is 5.62. The zero-order valence-electron chi connectivity index (χ0n) is 9.62. The highest BCUT2D eigenvalue weighted by molar-refractivity contribution is 5.82. The number of rotatable bonds is 3. The van der Waals surface area contributed by atoms with Gasteiger partial charge in [-0.1, -0.05) is 18.2 Å². The summed E-state index contributed by atoms with van der Waals surface area (Å²) in [5, 5.41) is 1.35. The zero-order valence-corrected chi connectivity index (χ0v) is 9.62. The van der Waals surface area contributed by atoms with Crippen LogP contribution in [-0.4, -0.2) is 17.2 Å². The lowest BCUT2D eigenvalue weighted by atomic mass is 9.90. The molecule has 0 spiro atoms. The number of aryl methyl sites for hydroxylation is 1. The van der Waals surface area contributed by atoms with Crippen molar-refractivity contribution in [2.75, 3.05) is 6.61 Å². The first kappa shape index (κ1) is 9.91. The molecular weight excluding hydrogens is 198 g/mol. The van der Waals surface area contributed by atoms with Crippen LogP contribution in [-0.2, 0) is 11.2 Å². The molecule has 1 atom stereocenters. The van der Waals surface area contributed by atoms with Crippen LogP contribution in [0.25, 0.3) is 10.9 Å². The number of hydrogen-bond donors (Lipinski definition) is 1. The molecule has 2 heteroatoms. The van der Waals surface area contributed by atoms with Crippen LogP contribution in [0.1, 0.15) is 25.3 Å². The van der Waals surface area contributed by atoms with Gasteiger partial charge in [0, 0.05) is 17.1 Å². The van der Waals surface area contributed by atoms with Crippen molar-refractivity contribution in [1.29, 1.82) is 0 Å². The molecule has 3 rings (SSSR count). The smallest absolute Gasteiger partial charge is 0.0679 e. The Labute approximate surface area is 95.6 Å². The van der Waals surface area contributed by atoms with Crippen LogP contribution in [0.4, 0.5) is 0 Å². The number of H-pyrrole nitrogens is 1. The lowest BCUT2D eigenvalue weighted by molar-refractivity contribution is -0.137. The second kappa shape index (κ2) is 3.63. The summed E-state index contributed by atoms with van der Waals surface area (Å²) < 4.78 is 5.62. The molecule has 2 aromatic rings. The van der Waals surface area contributed by atoms with Crippen LogP contribution in [0.3, 0.4) is 0 Å². The summed E-state index contributed by atoms with van der Waals surface area (Å²) in [6.45, 7) is 3.15. The Morgan fingerprint density at radius 1 is 1.38 bits per heavy atom. The molecule has 1 aliphatic heterocycles. The summed E-state index contributed by atoms with van der Waals surface area (Å²) in [7, 11) is 0. The summed E-state index contributed by atoms with van der Waals surface area (Å²) in [5.41, 5.74) is 2.78. The summed E-state index contributed by atoms with van der Waals surface area (Å²) >= 11 is 0. The van der Waals surface area contributed by atoms with Gasteiger partial charge in [-0.3, -0.25) is 0 Å². The van der Waals surface area contributed by atoms with Crippen LogP contribution in [0.5, 0.6) is 0 Å². The van der Waals surface area contributed by atoms with E-state index in [4.69, 9.17) is 4.74 Å².